The molecule has 4 nitrogen and oxygen atoms in total. The normalized spacial score (nSPS) is 13.5. The quantitative estimate of drug-likeness (QED) is 0.473. The summed E-state index contributed by atoms with van der Waals surface area (Å²) >= 11 is 5.42. The zero-order valence-corrected chi connectivity index (χ0v) is 8.38. The molecule has 0 amide bonds. The molecule has 0 aromatic heterocycles. The Bertz CT molecular complexity index is 161. The van der Waals surface area contributed by atoms with Gasteiger partial charge in [-0.25, -0.2) is 0 Å². The number of halogens is 1. The van der Waals surface area contributed by atoms with Gasteiger partial charge in [0.2, 0.25) is 0 Å². The average Bonchev–Trinajstić information content (AvgIpc) is 2.20. The molecule has 0 aromatic rings. The Labute approximate surface area is 82.8 Å². The maximum absolute atomic E-state index is 8.93. The van der Waals surface area contributed by atoms with Crippen molar-refractivity contribution < 1.29 is 15.3 Å². The van der Waals surface area contributed by atoms with Gasteiger partial charge in [0.05, 0.1) is 25.4 Å². The van der Waals surface area contributed by atoms with Crippen molar-refractivity contribution >= 4 is 11.6 Å². The van der Waals surface area contributed by atoms with Crippen LogP contribution in [0.15, 0.2) is 11.1 Å². The first kappa shape index (κ1) is 12.9. The van der Waals surface area contributed by atoms with E-state index in [1.807, 2.05) is 0 Å². The van der Waals surface area contributed by atoms with Crippen LogP contribution < -0.4 is 5.32 Å². The van der Waals surface area contributed by atoms with E-state index in [0.717, 1.165) is 5.57 Å². The molecule has 0 rings (SSSR count). The second-order valence-electron chi connectivity index (χ2n) is 3.06. The van der Waals surface area contributed by atoms with Crippen LogP contribution in [-0.2, 0) is 0 Å². The maximum atomic E-state index is 8.93. The Morgan fingerprint density at radius 3 is 2.08 bits per heavy atom. The van der Waals surface area contributed by atoms with Gasteiger partial charge in [0.25, 0.3) is 0 Å². The van der Waals surface area contributed by atoms with Crippen molar-refractivity contribution in [1.82, 2.24) is 5.32 Å². The Balaban J connectivity index is 4.10. The highest BCUT2D eigenvalue weighted by molar-refractivity contribution is 6.25. The van der Waals surface area contributed by atoms with Crippen LogP contribution in [0.1, 0.15) is 6.92 Å². The molecule has 0 radical (unpaired) electrons. The molecular weight excluding hydrogens is 194 g/mol. The predicted molar refractivity (Wildman–Crippen MR) is 51.6 cm³/mol. The zero-order valence-electron chi connectivity index (χ0n) is 7.63. The molecular formula is C8H16ClNO3. The third-order valence-corrected chi connectivity index (χ3v) is 2.21. The SMILES string of the molecule is CC(=CCl)CNC(CO)(CO)CO. The molecule has 0 aromatic carbocycles. The van der Waals surface area contributed by atoms with Crippen LogP contribution in [0.3, 0.4) is 0 Å². The van der Waals surface area contributed by atoms with Gasteiger partial charge < -0.3 is 20.6 Å². The summed E-state index contributed by atoms with van der Waals surface area (Å²) in [4.78, 5) is 0. The van der Waals surface area contributed by atoms with Gasteiger partial charge in [0, 0.05) is 12.1 Å². The Kier molecular flexibility index (Phi) is 6.28. The summed E-state index contributed by atoms with van der Waals surface area (Å²) in [6, 6.07) is 0. The fourth-order valence-corrected chi connectivity index (χ4v) is 0.760. The lowest BCUT2D eigenvalue weighted by Crippen LogP contribution is -2.55. The molecule has 0 spiro atoms. The fourth-order valence-electron chi connectivity index (χ4n) is 0.683. The smallest absolute Gasteiger partial charge is 0.0884 e. The largest absolute Gasteiger partial charge is 0.394 e. The highest BCUT2D eigenvalue weighted by atomic mass is 35.5. The van der Waals surface area contributed by atoms with E-state index in [1.165, 1.54) is 5.54 Å². The minimum atomic E-state index is -1.03. The standard InChI is InChI=1S/C8H16ClNO3/c1-7(2-9)3-10-8(4-11,5-12)6-13/h2,10-13H,3-6H2,1H3. The van der Waals surface area contributed by atoms with E-state index in [-0.39, 0.29) is 19.8 Å². The summed E-state index contributed by atoms with van der Waals surface area (Å²) in [5.74, 6) is 0. The lowest BCUT2D eigenvalue weighted by molar-refractivity contribution is 0.0447. The summed E-state index contributed by atoms with van der Waals surface area (Å²) < 4.78 is 0. The van der Waals surface area contributed by atoms with E-state index in [9.17, 15) is 0 Å². The van der Waals surface area contributed by atoms with Gasteiger partial charge >= 0.3 is 0 Å². The molecule has 0 bridgehead atoms. The van der Waals surface area contributed by atoms with Gasteiger partial charge in [-0.2, -0.15) is 0 Å². The van der Waals surface area contributed by atoms with Gasteiger partial charge in [-0.15, -0.1) is 0 Å². The fraction of sp³-hybridized carbons (Fsp3) is 0.750. The molecule has 0 heterocycles. The predicted octanol–water partition coefficient (Wildman–Crippen LogP) is -0.566. The molecule has 4 N–H and O–H groups in total. The zero-order chi connectivity index (χ0) is 10.3. The minimum Gasteiger partial charge on any atom is -0.394 e. The number of rotatable bonds is 6. The van der Waals surface area contributed by atoms with Gasteiger partial charge in [0.15, 0.2) is 0 Å². The van der Waals surface area contributed by atoms with E-state index in [4.69, 9.17) is 26.9 Å². The molecule has 0 aliphatic carbocycles. The summed E-state index contributed by atoms with van der Waals surface area (Å²) in [5, 5.41) is 29.6. The van der Waals surface area contributed by atoms with Crippen LogP contribution in [0, 0.1) is 0 Å². The second kappa shape index (κ2) is 6.34. The van der Waals surface area contributed by atoms with Gasteiger partial charge in [-0.1, -0.05) is 11.6 Å². The second-order valence-corrected chi connectivity index (χ2v) is 3.28. The topological polar surface area (TPSA) is 72.7 Å². The first-order chi connectivity index (χ1) is 6.14. The molecule has 0 fully saturated rings. The number of aliphatic hydroxyl groups excluding tert-OH is 3. The highest BCUT2D eigenvalue weighted by Gasteiger charge is 2.26. The average molecular weight is 210 g/mol. The van der Waals surface area contributed by atoms with Crippen molar-refractivity contribution in [3.63, 3.8) is 0 Å². The lowest BCUT2D eigenvalue weighted by atomic mass is 10.0. The Morgan fingerprint density at radius 1 is 1.31 bits per heavy atom. The van der Waals surface area contributed by atoms with Gasteiger partial charge in [-0.3, -0.25) is 0 Å². The Hall–Kier alpha value is -0.130. The molecule has 5 heteroatoms. The van der Waals surface area contributed by atoms with Crippen LogP contribution >= 0.6 is 11.6 Å². The monoisotopic (exact) mass is 209 g/mol. The molecule has 0 aliphatic heterocycles. The van der Waals surface area contributed by atoms with E-state index in [2.05, 4.69) is 5.32 Å². The molecule has 0 atom stereocenters. The summed E-state index contributed by atoms with van der Waals surface area (Å²) in [7, 11) is 0. The first-order valence-corrected chi connectivity index (χ1v) is 4.41. The number of aliphatic hydroxyl groups is 3. The molecule has 78 valence electrons. The first-order valence-electron chi connectivity index (χ1n) is 3.97. The van der Waals surface area contributed by atoms with Crippen molar-refractivity contribution in [3.8, 4) is 0 Å². The van der Waals surface area contributed by atoms with Crippen molar-refractivity contribution in [3.05, 3.63) is 11.1 Å². The van der Waals surface area contributed by atoms with Crippen molar-refractivity contribution in [2.24, 2.45) is 0 Å². The van der Waals surface area contributed by atoms with Crippen molar-refractivity contribution in [2.45, 2.75) is 12.5 Å². The number of hydrogen-bond donors (Lipinski definition) is 4. The third kappa shape index (κ3) is 4.06. The van der Waals surface area contributed by atoms with Crippen LogP contribution in [0.5, 0.6) is 0 Å². The minimum absolute atomic E-state index is 0.324. The third-order valence-electron chi connectivity index (χ3n) is 1.84. The highest BCUT2D eigenvalue weighted by Crippen LogP contribution is 2.03. The molecule has 13 heavy (non-hydrogen) atoms. The summed E-state index contributed by atoms with van der Waals surface area (Å²) in [6.45, 7) is 1.25. The molecule has 0 saturated heterocycles. The van der Waals surface area contributed by atoms with Gasteiger partial charge in [0.1, 0.15) is 0 Å². The van der Waals surface area contributed by atoms with Crippen molar-refractivity contribution in [2.75, 3.05) is 26.4 Å². The van der Waals surface area contributed by atoms with E-state index < -0.39 is 5.54 Å². The molecule has 0 saturated carbocycles. The Morgan fingerprint density at radius 2 is 1.77 bits per heavy atom. The number of nitrogens with one attached hydrogen (secondary N) is 1. The molecule has 0 aliphatic rings. The van der Waals surface area contributed by atoms with Crippen LogP contribution in [0.4, 0.5) is 0 Å². The lowest BCUT2D eigenvalue weighted by Gasteiger charge is -2.28. The molecule has 0 unspecified atom stereocenters. The van der Waals surface area contributed by atoms with Crippen LogP contribution in [0.25, 0.3) is 0 Å². The van der Waals surface area contributed by atoms with Gasteiger partial charge in [-0.05, 0) is 12.5 Å². The van der Waals surface area contributed by atoms with E-state index >= 15 is 0 Å². The number of hydrogen-bond acceptors (Lipinski definition) is 4. The maximum Gasteiger partial charge on any atom is 0.0884 e. The summed E-state index contributed by atoms with van der Waals surface area (Å²) in [6.07, 6.45) is 0. The summed E-state index contributed by atoms with van der Waals surface area (Å²) in [5.41, 5.74) is 1.24. The van der Waals surface area contributed by atoms with E-state index in [1.54, 1.807) is 6.92 Å². The van der Waals surface area contributed by atoms with Crippen LogP contribution in [-0.4, -0.2) is 47.2 Å². The van der Waals surface area contributed by atoms with Crippen molar-refractivity contribution in [1.29, 1.82) is 0 Å². The van der Waals surface area contributed by atoms with E-state index in [0.29, 0.717) is 6.54 Å². The van der Waals surface area contributed by atoms with Crippen LogP contribution in [0.2, 0.25) is 0 Å².